The summed E-state index contributed by atoms with van der Waals surface area (Å²) in [6.07, 6.45) is 3.37. The van der Waals surface area contributed by atoms with Gasteiger partial charge in [0.25, 0.3) is 0 Å². The molecule has 1 rings (SSSR count). The summed E-state index contributed by atoms with van der Waals surface area (Å²) in [7, 11) is 0. The van der Waals surface area contributed by atoms with Crippen molar-refractivity contribution in [3.05, 3.63) is 0 Å². The van der Waals surface area contributed by atoms with E-state index in [4.69, 9.17) is 0 Å². The van der Waals surface area contributed by atoms with Crippen LogP contribution in [0.4, 0.5) is 0 Å². The smallest absolute Gasteiger partial charge is 0.198 e. The maximum atomic E-state index is 3.99. The molecule has 0 aromatic carbocycles. The Kier molecular flexibility index (Phi) is 1.66. The van der Waals surface area contributed by atoms with Crippen molar-refractivity contribution in [1.29, 1.82) is 0 Å². The van der Waals surface area contributed by atoms with Crippen LogP contribution in [-0.4, -0.2) is 14.1 Å². The number of rotatable bonds is 0. The maximum absolute atomic E-state index is 3.99. The van der Waals surface area contributed by atoms with Crippen molar-refractivity contribution in [2.75, 3.05) is 0 Å². The van der Waals surface area contributed by atoms with E-state index in [0.29, 0.717) is 0 Å². The van der Waals surface area contributed by atoms with E-state index >= 15 is 0 Å². The van der Waals surface area contributed by atoms with Gasteiger partial charge in [-0.25, -0.2) is 9.98 Å². The molecule has 38 valence electrons. The molecule has 0 radical (unpaired) electrons. The average Bonchev–Trinajstić information content (AvgIpc) is 1.84. The second kappa shape index (κ2) is 1.96. The fourth-order valence-electron chi connectivity index (χ4n) is 0.267. The fourth-order valence-corrected chi connectivity index (χ4v) is 0.837. The lowest BCUT2D eigenvalue weighted by Crippen LogP contribution is -2.02. The van der Waals surface area contributed by atoms with Crippen LogP contribution in [0.25, 0.3) is 0 Å². The molecular formula is C3H2I2N2. The van der Waals surface area contributed by atoms with E-state index in [-0.39, 0.29) is 1.55 Å². The summed E-state index contributed by atoms with van der Waals surface area (Å²) in [5, 5.41) is 0. The average molecular weight is 320 g/mol. The van der Waals surface area contributed by atoms with Gasteiger partial charge in [0.2, 0.25) is 0 Å². The Hall–Kier alpha value is 0.800. The number of hydrogen-bond acceptors (Lipinski definition) is 2. The molecule has 1 heterocycles. The summed E-state index contributed by atoms with van der Waals surface area (Å²) < 4.78 is -0.0878. The molecule has 2 nitrogen and oxygen atoms in total. The zero-order valence-electron chi connectivity index (χ0n) is 3.31. The maximum Gasteiger partial charge on any atom is 0.198 e. The highest BCUT2D eigenvalue weighted by molar-refractivity contribution is 14.2. The predicted octanol–water partition coefficient (Wildman–Crippen LogP) is 1.62. The van der Waals surface area contributed by atoms with E-state index in [1.165, 1.54) is 0 Å². The minimum Gasteiger partial charge on any atom is -0.245 e. The predicted molar refractivity (Wildman–Crippen MR) is 47.8 cm³/mol. The first-order chi connectivity index (χ1) is 3.21. The fraction of sp³-hybridized carbons (Fsp3) is 0.333. The Morgan fingerprint density at radius 1 is 1.43 bits per heavy atom. The zero-order chi connectivity index (χ0) is 5.33. The summed E-state index contributed by atoms with van der Waals surface area (Å²) in [5.41, 5.74) is 0. The number of nitrogens with zero attached hydrogens (tertiary/aromatic N) is 2. The van der Waals surface area contributed by atoms with Crippen LogP contribution in [0.1, 0.15) is 0 Å². The van der Waals surface area contributed by atoms with Gasteiger partial charge in [0, 0.05) is 0 Å². The Balaban J connectivity index is 2.77. The highest BCUT2D eigenvalue weighted by atomic mass is 127. The molecule has 0 N–H and O–H groups in total. The van der Waals surface area contributed by atoms with Crippen LogP contribution in [0.15, 0.2) is 9.98 Å². The van der Waals surface area contributed by atoms with Crippen molar-refractivity contribution in [2.45, 2.75) is 1.55 Å². The van der Waals surface area contributed by atoms with Crippen molar-refractivity contribution in [3.63, 3.8) is 0 Å². The molecule has 1 aliphatic heterocycles. The van der Waals surface area contributed by atoms with Crippen LogP contribution in [0.5, 0.6) is 0 Å². The molecule has 0 aliphatic carbocycles. The molecule has 4 heteroatoms. The third-order valence-corrected chi connectivity index (χ3v) is 1.64. The monoisotopic (exact) mass is 320 g/mol. The van der Waals surface area contributed by atoms with E-state index in [1.54, 1.807) is 12.6 Å². The van der Waals surface area contributed by atoms with Gasteiger partial charge in [0.05, 0.1) is 6.21 Å². The first-order valence-corrected chi connectivity index (χ1v) is 3.82. The molecule has 0 fully saturated rings. The first-order valence-electron chi connectivity index (χ1n) is 1.66. The zero-order valence-corrected chi connectivity index (χ0v) is 7.62. The second-order valence-electron chi connectivity index (χ2n) is 1.11. The first kappa shape index (κ1) is 5.93. The lowest BCUT2D eigenvalue weighted by atomic mass is 10.8. The summed E-state index contributed by atoms with van der Waals surface area (Å²) >= 11 is 4.41. The van der Waals surface area contributed by atoms with Gasteiger partial charge in [-0.05, 0) is 45.2 Å². The summed E-state index contributed by atoms with van der Waals surface area (Å²) in [6.45, 7) is 0. The highest BCUT2D eigenvalue weighted by Gasteiger charge is 2.18. The summed E-state index contributed by atoms with van der Waals surface area (Å²) in [4.78, 5) is 7.80. The Morgan fingerprint density at radius 2 is 2.14 bits per heavy atom. The van der Waals surface area contributed by atoms with E-state index < -0.39 is 0 Å². The third-order valence-electron chi connectivity index (χ3n) is 0.526. The lowest BCUT2D eigenvalue weighted by Gasteiger charge is -1.99. The van der Waals surface area contributed by atoms with Crippen LogP contribution in [-0.2, 0) is 0 Å². The van der Waals surface area contributed by atoms with Crippen molar-refractivity contribution in [1.82, 2.24) is 0 Å². The van der Waals surface area contributed by atoms with E-state index in [9.17, 15) is 0 Å². The van der Waals surface area contributed by atoms with Crippen LogP contribution in [0, 0.1) is 0 Å². The van der Waals surface area contributed by atoms with Crippen LogP contribution in [0.2, 0.25) is 0 Å². The minimum atomic E-state index is -0.0878. The van der Waals surface area contributed by atoms with Crippen LogP contribution in [0.3, 0.4) is 0 Å². The molecular weight excluding hydrogens is 318 g/mol. The molecule has 0 atom stereocenters. The Morgan fingerprint density at radius 3 is 2.29 bits per heavy atom. The normalized spacial score (nSPS) is 23.7. The molecule has 0 amide bonds. The van der Waals surface area contributed by atoms with E-state index in [0.717, 1.165) is 0 Å². The van der Waals surface area contributed by atoms with Gasteiger partial charge in [-0.1, -0.05) is 0 Å². The number of hydrogen-bond donors (Lipinski definition) is 0. The van der Waals surface area contributed by atoms with Crippen LogP contribution < -0.4 is 0 Å². The van der Waals surface area contributed by atoms with Gasteiger partial charge in [-0.2, -0.15) is 0 Å². The molecule has 0 unspecified atom stereocenters. The van der Waals surface area contributed by atoms with Gasteiger partial charge in [-0.3, -0.25) is 0 Å². The molecule has 0 spiro atoms. The van der Waals surface area contributed by atoms with Gasteiger partial charge >= 0.3 is 0 Å². The SMILES string of the molecule is IC1(I)C=NC=N1. The molecule has 0 aromatic rings. The van der Waals surface area contributed by atoms with Crippen molar-refractivity contribution in [3.8, 4) is 0 Å². The van der Waals surface area contributed by atoms with Crippen molar-refractivity contribution in [2.24, 2.45) is 9.98 Å². The van der Waals surface area contributed by atoms with Gasteiger partial charge in [-0.15, -0.1) is 0 Å². The summed E-state index contributed by atoms with van der Waals surface area (Å²) in [6, 6.07) is 0. The number of alkyl halides is 2. The highest BCUT2D eigenvalue weighted by Crippen LogP contribution is 2.28. The number of halogens is 2. The van der Waals surface area contributed by atoms with E-state index in [1.807, 2.05) is 0 Å². The summed E-state index contributed by atoms with van der Waals surface area (Å²) in [5.74, 6) is 0. The molecule has 0 saturated carbocycles. The third kappa shape index (κ3) is 1.63. The Bertz CT molecular complexity index is 113. The quantitative estimate of drug-likeness (QED) is 0.368. The minimum absolute atomic E-state index is 0.0878. The standard InChI is InChI=1S/C3H2I2N2/c4-3(5)1-6-2-7-3/h1-2H. The molecule has 0 bridgehead atoms. The molecule has 7 heavy (non-hydrogen) atoms. The topological polar surface area (TPSA) is 24.7 Å². The van der Waals surface area contributed by atoms with E-state index in [2.05, 4.69) is 55.2 Å². The van der Waals surface area contributed by atoms with Gasteiger partial charge < -0.3 is 0 Å². The molecule has 0 saturated heterocycles. The van der Waals surface area contributed by atoms with Gasteiger partial charge in [0.15, 0.2) is 1.55 Å². The van der Waals surface area contributed by atoms with Crippen LogP contribution >= 0.6 is 45.2 Å². The lowest BCUT2D eigenvalue weighted by molar-refractivity contribution is 1.30. The van der Waals surface area contributed by atoms with Gasteiger partial charge in [0.1, 0.15) is 6.34 Å². The second-order valence-corrected chi connectivity index (χ2v) is 6.46. The Labute approximate surface area is 68.8 Å². The largest absolute Gasteiger partial charge is 0.245 e. The van der Waals surface area contributed by atoms with Crippen molar-refractivity contribution < 1.29 is 0 Å². The molecule has 0 aromatic heterocycles. The van der Waals surface area contributed by atoms with Crippen molar-refractivity contribution >= 4 is 57.7 Å². The number of aliphatic imine (C=N–C) groups is 2. The molecule has 1 aliphatic rings.